The molecule has 2 aromatic rings. The summed E-state index contributed by atoms with van der Waals surface area (Å²) >= 11 is 1.41. The Hall–Kier alpha value is -2.41. The number of para-hydroxylation sites is 1. The lowest BCUT2D eigenvalue weighted by Crippen LogP contribution is -2.37. The van der Waals surface area contributed by atoms with Gasteiger partial charge < -0.3 is 15.0 Å². The van der Waals surface area contributed by atoms with E-state index >= 15 is 0 Å². The molecular weight excluding hydrogens is 386 g/mol. The Labute approximate surface area is 176 Å². The fraction of sp³-hybridized carbons (Fsp3) is 0.500. The minimum absolute atomic E-state index is 0.0537. The van der Waals surface area contributed by atoms with Crippen molar-refractivity contribution in [2.75, 3.05) is 19.5 Å². The van der Waals surface area contributed by atoms with Gasteiger partial charge in [-0.25, -0.2) is 4.98 Å². The van der Waals surface area contributed by atoms with E-state index in [0.717, 1.165) is 37.0 Å². The number of ether oxygens (including phenoxy) is 1. The topological polar surface area (TPSA) is 71.5 Å². The number of carbonyl (C=O) groups is 2. The van der Waals surface area contributed by atoms with Gasteiger partial charge in [0.15, 0.2) is 5.13 Å². The lowest BCUT2D eigenvalue weighted by atomic mass is 9.69. The third kappa shape index (κ3) is 5.79. The molecule has 7 heteroatoms. The summed E-state index contributed by atoms with van der Waals surface area (Å²) in [5.41, 5.74) is 0.705. The van der Waals surface area contributed by atoms with E-state index in [1.54, 1.807) is 18.2 Å². The molecule has 1 fully saturated rings. The normalized spacial score (nSPS) is 15.5. The van der Waals surface area contributed by atoms with Gasteiger partial charge in [0.05, 0.1) is 7.11 Å². The number of aromatic nitrogens is 1. The predicted octanol–water partition coefficient (Wildman–Crippen LogP) is 4.48. The molecule has 3 rings (SSSR count). The van der Waals surface area contributed by atoms with Crippen molar-refractivity contribution >= 4 is 28.3 Å². The van der Waals surface area contributed by atoms with Gasteiger partial charge in [0.1, 0.15) is 5.75 Å². The third-order valence-electron chi connectivity index (χ3n) is 5.68. The van der Waals surface area contributed by atoms with Crippen LogP contribution in [-0.4, -0.2) is 35.9 Å². The molecule has 0 radical (unpaired) electrons. The molecule has 0 bridgehead atoms. The number of carbonyl (C=O) groups excluding carboxylic acids is 2. The van der Waals surface area contributed by atoms with E-state index < -0.39 is 0 Å². The van der Waals surface area contributed by atoms with E-state index in [1.165, 1.54) is 17.8 Å². The van der Waals surface area contributed by atoms with Crippen molar-refractivity contribution in [2.45, 2.75) is 51.5 Å². The van der Waals surface area contributed by atoms with E-state index in [4.69, 9.17) is 4.74 Å². The Balaban J connectivity index is 1.65. The molecule has 1 heterocycles. The average Bonchev–Trinajstić information content (AvgIpc) is 3.21. The van der Waals surface area contributed by atoms with Crippen LogP contribution in [-0.2, 0) is 16.1 Å². The van der Waals surface area contributed by atoms with Crippen molar-refractivity contribution in [3.63, 3.8) is 0 Å². The minimum atomic E-state index is -0.272. The highest BCUT2D eigenvalue weighted by Gasteiger charge is 2.37. The maximum atomic E-state index is 13.1. The number of nitrogens with one attached hydrogen (secondary N) is 1. The molecule has 0 unspecified atom stereocenters. The molecular formula is C22H29N3O3S. The maximum absolute atomic E-state index is 13.1. The van der Waals surface area contributed by atoms with Gasteiger partial charge in [-0.1, -0.05) is 37.5 Å². The summed E-state index contributed by atoms with van der Waals surface area (Å²) in [7, 11) is 3.46. The van der Waals surface area contributed by atoms with Gasteiger partial charge in [0.2, 0.25) is 11.8 Å². The van der Waals surface area contributed by atoms with Crippen LogP contribution in [0.3, 0.4) is 0 Å². The van der Waals surface area contributed by atoms with Crippen LogP contribution in [0, 0.1) is 5.41 Å². The quantitative estimate of drug-likeness (QED) is 0.690. The number of nitrogens with zero attached hydrogens (tertiary/aromatic N) is 2. The van der Waals surface area contributed by atoms with Gasteiger partial charge in [0, 0.05) is 43.6 Å². The summed E-state index contributed by atoms with van der Waals surface area (Å²) in [5, 5.41) is 5.33. The highest BCUT2D eigenvalue weighted by Crippen LogP contribution is 2.43. The molecule has 156 valence electrons. The predicted molar refractivity (Wildman–Crippen MR) is 115 cm³/mol. The molecule has 2 amide bonds. The molecule has 0 atom stereocenters. The van der Waals surface area contributed by atoms with E-state index in [1.807, 2.05) is 36.7 Å². The second-order valence-corrected chi connectivity index (χ2v) is 8.76. The Morgan fingerprint density at radius 2 is 1.97 bits per heavy atom. The van der Waals surface area contributed by atoms with Crippen LogP contribution in [0.1, 0.15) is 50.5 Å². The molecule has 1 aliphatic rings. The van der Waals surface area contributed by atoms with Crippen molar-refractivity contribution in [1.82, 2.24) is 9.88 Å². The average molecular weight is 416 g/mol. The smallest absolute Gasteiger partial charge is 0.226 e. The van der Waals surface area contributed by atoms with Crippen LogP contribution < -0.4 is 10.1 Å². The standard InChI is InChI=1S/C22H29N3O3S/c1-25(16-17-8-4-5-9-18(17)28-2)20(27)15-22(10-6-3-7-11-22)14-19(26)24-21-23-12-13-29-21/h4-5,8-9,12-13H,3,6-7,10-11,14-16H2,1-2H3,(H,23,24,26). The summed E-state index contributed by atoms with van der Waals surface area (Å²) in [4.78, 5) is 31.6. The number of hydrogen-bond donors (Lipinski definition) is 1. The summed E-state index contributed by atoms with van der Waals surface area (Å²) in [6, 6.07) is 7.74. The monoisotopic (exact) mass is 415 g/mol. The van der Waals surface area contributed by atoms with E-state index in [2.05, 4.69) is 10.3 Å². The van der Waals surface area contributed by atoms with Crippen LogP contribution in [0.15, 0.2) is 35.8 Å². The molecule has 29 heavy (non-hydrogen) atoms. The minimum Gasteiger partial charge on any atom is -0.496 e. The van der Waals surface area contributed by atoms with Crippen LogP contribution in [0.25, 0.3) is 0 Å². The molecule has 0 aliphatic heterocycles. The molecule has 6 nitrogen and oxygen atoms in total. The molecule has 0 spiro atoms. The maximum Gasteiger partial charge on any atom is 0.226 e. The molecule has 1 aliphatic carbocycles. The molecule has 1 N–H and O–H groups in total. The number of amides is 2. The Kier molecular flexibility index (Phi) is 7.25. The summed E-state index contributed by atoms with van der Waals surface area (Å²) in [6.07, 6.45) is 7.54. The van der Waals surface area contributed by atoms with Gasteiger partial charge in [-0.2, -0.15) is 0 Å². The SMILES string of the molecule is COc1ccccc1CN(C)C(=O)CC1(CC(=O)Nc2nccs2)CCCCC1. The van der Waals surface area contributed by atoms with Crippen LogP contribution >= 0.6 is 11.3 Å². The highest BCUT2D eigenvalue weighted by atomic mass is 32.1. The summed E-state index contributed by atoms with van der Waals surface area (Å²) in [5.74, 6) is 0.796. The van der Waals surface area contributed by atoms with Crippen molar-refractivity contribution in [3.05, 3.63) is 41.4 Å². The number of methoxy groups -OCH3 is 1. The van der Waals surface area contributed by atoms with Gasteiger partial charge in [-0.15, -0.1) is 11.3 Å². The lowest BCUT2D eigenvalue weighted by molar-refractivity contribution is -0.134. The van der Waals surface area contributed by atoms with E-state index in [9.17, 15) is 9.59 Å². The first-order valence-corrected chi connectivity index (χ1v) is 10.9. The molecule has 1 saturated carbocycles. The highest BCUT2D eigenvalue weighted by molar-refractivity contribution is 7.13. The Bertz CT molecular complexity index is 816. The zero-order valence-electron chi connectivity index (χ0n) is 17.1. The number of thiazole rings is 1. The molecule has 1 aromatic carbocycles. The van der Waals surface area contributed by atoms with Crippen LogP contribution in [0.4, 0.5) is 5.13 Å². The van der Waals surface area contributed by atoms with Gasteiger partial charge >= 0.3 is 0 Å². The van der Waals surface area contributed by atoms with Gasteiger partial charge in [-0.3, -0.25) is 9.59 Å². The zero-order chi connectivity index (χ0) is 20.7. The fourth-order valence-electron chi connectivity index (χ4n) is 4.14. The van der Waals surface area contributed by atoms with E-state index in [0.29, 0.717) is 24.5 Å². The number of rotatable bonds is 8. The van der Waals surface area contributed by atoms with Crippen molar-refractivity contribution < 1.29 is 14.3 Å². The second-order valence-electron chi connectivity index (χ2n) is 7.86. The zero-order valence-corrected chi connectivity index (χ0v) is 18.0. The first-order valence-electron chi connectivity index (χ1n) is 10.1. The van der Waals surface area contributed by atoms with Crippen molar-refractivity contribution in [1.29, 1.82) is 0 Å². The largest absolute Gasteiger partial charge is 0.496 e. The van der Waals surface area contributed by atoms with E-state index in [-0.39, 0.29) is 17.2 Å². The Morgan fingerprint density at radius 1 is 1.21 bits per heavy atom. The van der Waals surface area contributed by atoms with Crippen molar-refractivity contribution in [3.8, 4) is 5.75 Å². The first-order chi connectivity index (χ1) is 14.0. The molecule has 0 saturated heterocycles. The van der Waals surface area contributed by atoms with Crippen LogP contribution in [0.5, 0.6) is 5.75 Å². The second kappa shape index (κ2) is 9.87. The lowest BCUT2D eigenvalue weighted by Gasteiger charge is -2.37. The van der Waals surface area contributed by atoms with Gasteiger partial charge in [0.25, 0.3) is 0 Å². The Morgan fingerprint density at radius 3 is 2.66 bits per heavy atom. The number of benzene rings is 1. The van der Waals surface area contributed by atoms with Gasteiger partial charge in [-0.05, 0) is 24.3 Å². The number of hydrogen-bond acceptors (Lipinski definition) is 5. The summed E-state index contributed by atoms with van der Waals surface area (Å²) in [6.45, 7) is 0.490. The number of anilines is 1. The first kappa shape index (κ1) is 21.3. The fourth-order valence-corrected chi connectivity index (χ4v) is 4.69. The third-order valence-corrected chi connectivity index (χ3v) is 6.37. The van der Waals surface area contributed by atoms with Crippen LogP contribution in [0.2, 0.25) is 0 Å². The van der Waals surface area contributed by atoms with Crippen molar-refractivity contribution in [2.24, 2.45) is 5.41 Å². The molecule has 1 aromatic heterocycles. The summed E-state index contributed by atoms with van der Waals surface area (Å²) < 4.78 is 5.40.